The van der Waals surface area contributed by atoms with Crippen LogP contribution in [0.15, 0.2) is 24.3 Å². The molecule has 0 unspecified atom stereocenters. The monoisotopic (exact) mass is 195 g/mol. The smallest absolute Gasteiger partial charge is 0.182 e. The van der Waals surface area contributed by atoms with Gasteiger partial charge < -0.3 is 10.8 Å². The van der Waals surface area contributed by atoms with Crippen LogP contribution in [0.5, 0.6) is 5.75 Å². The third-order valence-electron chi connectivity index (χ3n) is 2.05. The molecule has 2 rings (SSSR count). The van der Waals surface area contributed by atoms with E-state index in [0.29, 0.717) is 10.8 Å². The number of anilines is 1. The van der Waals surface area contributed by atoms with Crippen LogP contribution in [0.2, 0.25) is 0 Å². The van der Waals surface area contributed by atoms with E-state index in [1.54, 1.807) is 0 Å². The molecule has 0 aliphatic heterocycles. The lowest BCUT2D eigenvalue weighted by Gasteiger charge is -2.04. The molecule has 0 fully saturated rings. The van der Waals surface area contributed by atoms with Crippen LogP contribution >= 0.6 is 0 Å². The molecule has 0 saturated carbocycles. The van der Waals surface area contributed by atoms with Gasteiger partial charge in [0, 0.05) is 5.39 Å². The van der Waals surface area contributed by atoms with Crippen LogP contribution in [0.3, 0.4) is 0 Å². The molecule has 4 heteroatoms. The van der Waals surface area contributed by atoms with E-state index in [0.717, 1.165) is 6.07 Å². The molecule has 0 radical (unpaired) electrons. The Hall–Kier alpha value is -1.84. The normalized spacial score (nSPS) is 10.7. The van der Waals surface area contributed by atoms with E-state index in [2.05, 4.69) is 0 Å². The van der Waals surface area contributed by atoms with Gasteiger partial charge in [0.15, 0.2) is 11.6 Å². The lowest BCUT2D eigenvalue weighted by atomic mass is 10.1. The quantitative estimate of drug-likeness (QED) is 0.634. The SMILES string of the molecule is Nc1c(F)c(F)cc2cc(O)ccc12. The summed E-state index contributed by atoms with van der Waals surface area (Å²) >= 11 is 0. The average molecular weight is 195 g/mol. The van der Waals surface area contributed by atoms with Gasteiger partial charge in [-0.25, -0.2) is 8.78 Å². The Morgan fingerprint density at radius 3 is 2.57 bits per heavy atom. The molecule has 2 aromatic carbocycles. The molecule has 0 bridgehead atoms. The number of nitrogens with two attached hydrogens (primary N) is 1. The van der Waals surface area contributed by atoms with Crippen LogP contribution in [0, 0.1) is 11.6 Å². The highest BCUT2D eigenvalue weighted by Crippen LogP contribution is 2.28. The Morgan fingerprint density at radius 2 is 1.86 bits per heavy atom. The molecular formula is C10H7F2NO. The molecule has 0 saturated heterocycles. The number of benzene rings is 2. The summed E-state index contributed by atoms with van der Waals surface area (Å²) in [6.45, 7) is 0. The molecular weight excluding hydrogens is 188 g/mol. The van der Waals surface area contributed by atoms with Crippen molar-refractivity contribution in [2.45, 2.75) is 0 Å². The van der Waals surface area contributed by atoms with Crippen LogP contribution in [-0.2, 0) is 0 Å². The van der Waals surface area contributed by atoms with Crippen molar-refractivity contribution in [2.24, 2.45) is 0 Å². The summed E-state index contributed by atoms with van der Waals surface area (Å²) < 4.78 is 25.9. The van der Waals surface area contributed by atoms with Crippen molar-refractivity contribution < 1.29 is 13.9 Å². The molecule has 0 atom stereocenters. The van der Waals surface area contributed by atoms with E-state index >= 15 is 0 Å². The Bertz CT molecular complexity index is 511. The predicted molar refractivity (Wildman–Crippen MR) is 49.9 cm³/mol. The summed E-state index contributed by atoms with van der Waals surface area (Å²) in [6.07, 6.45) is 0. The molecule has 72 valence electrons. The number of aromatic hydroxyl groups is 1. The van der Waals surface area contributed by atoms with Crippen molar-refractivity contribution in [3.63, 3.8) is 0 Å². The maximum Gasteiger partial charge on any atom is 0.182 e. The summed E-state index contributed by atoms with van der Waals surface area (Å²) in [4.78, 5) is 0. The highest BCUT2D eigenvalue weighted by molar-refractivity contribution is 5.94. The van der Waals surface area contributed by atoms with E-state index in [9.17, 15) is 8.78 Å². The lowest BCUT2D eigenvalue weighted by molar-refractivity contribution is 0.476. The molecule has 0 heterocycles. The number of hydrogen-bond donors (Lipinski definition) is 2. The second-order valence-corrected chi connectivity index (χ2v) is 2.99. The third kappa shape index (κ3) is 1.16. The fourth-order valence-corrected chi connectivity index (χ4v) is 1.36. The first-order chi connectivity index (χ1) is 6.59. The van der Waals surface area contributed by atoms with Crippen LogP contribution in [0.4, 0.5) is 14.5 Å². The van der Waals surface area contributed by atoms with Gasteiger partial charge in [0.1, 0.15) is 5.75 Å². The summed E-state index contributed by atoms with van der Waals surface area (Å²) in [5.74, 6) is -2.08. The molecule has 0 amide bonds. The molecule has 3 N–H and O–H groups in total. The zero-order valence-electron chi connectivity index (χ0n) is 7.09. The fourth-order valence-electron chi connectivity index (χ4n) is 1.36. The zero-order chi connectivity index (χ0) is 10.3. The van der Waals surface area contributed by atoms with Crippen LogP contribution in [0.1, 0.15) is 0 Å². The lowest BCUT2D eigenvalue weighted by Crippen LogP contribution is -1.95. The van der Waals surface area contributed by atoms with Crippen LogP contribution in [-0.4, -0.2) is 5.11 Å². The Morgan fingerprint density at radius 1 is 1.14 bits per heavy atom. The first-order valence-electron chi connectivity index (χ1n) is 3.96. The average Bonchev–Trinajstić information content (AvgIpc) is 2.14. The highest BCUT2D eigenvalue weighted by Gasteiger charge is 2.10. The van der Waals surface area contributed by atoms with Crippen molar-refractivity contribution in [3.05, 3.63) is 35.9 Å². The zero-order valence-corrected chi connectivity index (χ0v) is 7.09. The number of hydrogen-bond acceptors (Lipinski definition) is 2. The van der Waals surface area contributed by atoms with E-state index in [1.165, 1.54) is 18.2 Å². The van der Waals surface area contributed by atoms with E-state index in [-0.39, 0.29) is 11.4 Å². The topological polar surface area (TPSA) is 46.2 Å². The molecule has 0 aliphatic rings. The largest absolute Gasteiger partial charge is 0.508 e. The molecule has 0 aromatic heterocycles. The second kappa shape index (κ2) is 2.83. The first kappa shape index (κ1) is 8.74. The minimum atomic E-state index is -1.05. The molecule has 0 aliphatic carbocycles. The summed E-state index contributed by atoms with van der Waals surface area (Å²) in [5.41, 5.74) is 5.14. The molecule has 2 nitrogen and oxygen atoms in total. The minimum absolute atomic E-state index is 0.0112. The van der Waals surface area contributed by atoms with E-state index in [1.807, 2.05) is 0 Å². The van der Waals surface area contributed by atoms with Gasteiger partial charge in [-0.1, -0.05) is 0 Å². The van der Waals surface area contributed by atoms with Crippen LogP contribution < -0.4 is 5.73 Å². The summed E-state index contributed by atoms with van der Waals surface area (Å²) in [7, 11) is 0. The number of phenolic OH excluding ortho intramolecular Hbond substituents is 1. The van der Waals surface area contributed by atoms with E-state index < -0.39 is 11.6 Å². The van der Waals surface area contributed by atoms with Crippen molar-refractivity contribution in [3.8, 4) is 5.75 Å². The van der Waals surface area contributed by atoms with Gasteiger partial charge in [-0.05, 0) is 29.7 Å². The van der Waals surface area contributed by atoms with Crippen molar-refractivity contribution >= 4 is 16.5 Å². The molecule has 0 spiro atoms. The fraction of sp³-hybridized carbons (Fsp3) is 0. The maximum atomic E-state index is 13.0. The molecule has 2 aromatic rings. The second-order valence-electron chi connectivity index (χ2n) is 2.99. The van der Waals surface area contributed by atoms with E-state index in [4.69, 9.17) is 10.8 Å². The van der Waals surface area contributed by atoms with Gasteiger partial charge >= 0.3 is 0 Å². The number of phenols is 1. The number of nitrogen functional groups attached to an aromatic ring is 1. The van der Waals surface area contributed by atoms with Gasteiger partial charge in [-0.15, -0.1) is 0 Å². The Balaban J connectivity index is 2.91. The van der Waals surface area contributed by atoms with Gasteiger partial charge in [-0.2, -0.15) is 0 Å². The Kier molecular flexibility index (Phi) is 1.77. The highest BCUT2D eigenvalue weighted by atomic mass is 19.2. The predicted octanol–water partition coefficient (Wildman–Crippen LogP) is 2.41. The van der Waals surface area contributed by atoms with Crippen molar-refractivity contribution in [1.82, 2.24) is 0 Å². The minimum Gasteiger partial charge on any atom is -0.508 e. The van der Waals surface area contributed by atoms with Gasteiger partial charge in [0.25, 0.3) is 0 Å². The summed E-state index contributed by atoms with van der Waals surface area (Å²) in [6, 6.07) is 5.15. The van der Waals surface area contributed by atoms with Gasteiger partial charge in [0.2, 0.25) is 0 Å². The summed E-state index contributed by atoms with van der Waals surface area (Å²) in [5, 5.41) is 9.89. The van der Waals surface area contributed by atoms with Crippen molar-refractivity contribution in [2.75, 3.05) is 5.73 Å². The Labute approximate surface area is 78.6 Å². The van der Waals surface area contributed by atoms with Crippen LogP contribution in [0.25, 0.3) is 10.8 Å². The first-order valence-corrected chi connectivity index (χ1v) is 3.96. The van der Waals surface area contributed by atoms with Gasteiger partial charge in [-0.3, -0.25) is 0 Å². The standard InChI is InChI=1S/C10H7F2NO/c11-8-4-5-3-6(14)1-2-7(5)10(13)9(8)12/h1-4,14H,13H2. The number of rotatable bonds is 0. The van der Waals surface area contributed by atoms with Gasteiger partial charge in [0.05, 0.1) is 5.69 Å². The number of fused-ring (bicyclic) bond motifs is 1. The number of halogens is 2. The maximum absolute atomic E-state index is 13.0. The molecule has 14 heavy (non-hydrogen) atoms. The third-order valence-corrected chi connectivity index (χ3v) is 2.05. The van der Waals surface area contributed by atoms with Crippen molar-refractivity contribution in [1.29, 1.82) is 0 Å².